The molecule has 4 nitrogen and oxygen atoms in total. The lowest BCUT2D eigenvalue weighted by Gasteiger charge is -2.14. The van der Waals surface area contributed by atoms with E-state index in [1.165, 1.54) is 11.1 Å². The largest absolute Gasteiger partial charge is 0.352 e. The minimum absolute atomic E-state index is 0. The van der Waals surface area contributed by atoms with Crippen molar-refractivity contribution in [2.75, 3.05) is 21.1 Å². The van der Waals surface area contributed by atoms with Crippen LogP contribution in [0.25, 0.3) is 0 Å². The van der Waals surface area contributed by atoms with Crippen LogP contribution in [-0.2, 0) is 19.6 Å². The van der Waals surface area contributed by atoms with Crippen molar-refractivity contribution in [1.29, 1.82) is 0 Å². The van der Waals surface area contributed by atoms with E-state index in [-0.39, 0.29) is 24.0 Å². The summed E-state index contributed by atoms with van der Waals surface area (Å²) in [6.07, 6.45) is 0. The molecule has 2 aromatic carbocycles. The minimum atomic E-state index is 0. The smallest absolute Gasteiger partial charge is 0.191 e. The lowest BCUT2D eigenvalue weighted by Crippen LogP contribution is -2.36. The second kappa shape index (κ2) is 11.3. The van der Waals surface area contributed by atoms with Gasteiger partial charge in [-0.25, -0.2) is 0 Å². The summed E-state index contributed by atoms with van der Waals surface area (Å²) in [6.45, 7) is 2.39. The summed E-state index contributed by atoms with van der Waals surface area (Å²) in [7, 11) is 5.93. The molecule has 0 amide bonds. The topological polar surface area (TPSA) is 39.7 Å². The molecule has 6 heteroatoms. The maximum absolute atomic E-state index is 5.90. The number of benzene rings is 2. The summed E-state index contributed by atoms with van der Waals surface area (Å²) in [6, 6.07) is 16.4. The summed E-state index contributed by atoms with van der Waals surface area (Å²) in [4.78, 5) is 6.43. The minimum Gasteiger partial charge on any atom is -0.352 e. The Morgan fingerprint density at radius 3 is 2.16 bits per heavy atom. The molecule has 25 heavy (non-hydrogen) atoms. The predicted molar refractivity (Wildman–Crippen MR) is 118 cm³/mol. The van der Waals surface area contributed by atoms with Gasteiger partial charge < -0.3 is 15.5 Å². The summed E-state index contributed by atoms with van der Waals surface area (Å²) >= 11 is 5.90. The third kappa shape index (κ3) is 8.07. The van der Waals surface area contributed by atoms with E-state index < -0.39 is 0 Å². The number of rotatable bonds is 6. The molecular formula is C19H26ClIN4. The van der Waals surface area contributed by atoms with Crippen molar-refractivity contribution in [1.82, 2.24) is 15.5 Å². The first kappa shape index (κ1) is 21.7. The molecule has 0 saturated carbocycles. The van der Waals surface area contributed by atoms with Gasteiger partial charge in [0, 0.05) is 31.7 Å². The molecule has 0 radical (unpaired) electrons. The van der Waals surface area contributed by atoms with E-state index in [1.54, 1.807) is 7.05 Å². The van der Waals surface area contributed by atoms with Crippen molar-refractivity contribution in [3.63, 3.8) is 0 Å². The molecule has 0 aliphatic rings. The van der Waals surface area contributed by atoms with E-state index in [2.05, 4.69) is 58.9 Å². The van der Waals surface area contributed by atoms with E-state index in [4.69, 9.17) is 11.6 Å². The molecule has 0 spiro atoms. The molecular weight excluding hydrogens is 447 g/mol. The molecule has 2 N–H and O–H groups in total. The molecule has 0 fully saturated rings. The van der Waals surface area contributed by atoms with Crippen LogP contribution in [0.2, 0.25) is 5.02 Å². The van der Waals surface area contributed by atoms with E-state index >= 15 is 0 Å². The zero-order valence-electron chi connectivity index (χ0n) is 14.9. The van der Waals surface area contributed by atoms with Crippen molar-refractivity contribution in [3.8, 4) is 0 Å². The molecule has 0 aliphatic heterocycles. The van der Waals surface area contributed by atoms with Gasteiger partial charge in [-0.2, -0.15) is 0 Å². The molecule has 0 aliphatic carbocycles. The van der Waals surface area contributed by atoms with Crippen LogP contribution in [0.5, 0.6) is 0 Å². The predicted octanol–water partition coefficient (Wildman–Crippen LogP) is 3.88. The van der Waals surface area contributed by atoms with Crippen LogP contribution in [0.15, 0.2) is 53.5 Å². The Kier molecular flexibility index (Phi) is 9.85. The highest BCUT2D eigenvalue weighted by Gasteiger charge is 2.01. The van der Waals surface area contributed by atoms with Crippen molar-refractivity contribution in [2.24, 2.45) is 4.99 Å². The van der Waals surface area contributed by atoms with Gasteiger partial charge in [-0.15, -0.1) is 24.0 Å². The first-order valence-corrected chi connectivity index (χ1v) is 8.36. The molecule has 2 aromatic rings. The second-order valence-corrected chi connectivity index (χ2v) is 6.40. The number of aliphatic imine (C=N–C) groups is 1. The Labute approximate surface area is 172 Å². The number of nitrogens with one attached hydrogen (secondary N) is 2. The molecule has 136 valence electrons. The first-order chi connectivity index (χ1) is 11.6. The molecule has 0 unspecified atom stereocenters. The van der Waals surface area contributed by atoms with Gasteiger partial charge in [-0.1, -0.05) is 48.0 Å². The van der Waals surface area contributed by atoms with Crippen molar-refractivity contribution >= 4 is 41.5 Å². The highest BCUT2D eigenvalue weighted by molar-refractivity contribution is 14.0. The lowest BCUT2D eigenvalue weighted by atomic mass is 10.1. The SMILES string of the molecule is CN=C(NCc1ccc(Cl)cc1)NCc1cccc(CN(C)C)c1.I. The number of nitrogens with zero attached hydrogens (tertiary/aromatic N) is 2. The maximum atomic E-state index is 5.90. The van der Waals surface area contributed by atoms with Gasteiger partial charge >= 0.3 is 0 Å². The Morgan fingerprint density at radius 2 is 1.56 bits per heavy atom. The van der Waals surface area contributed by atoms with Crippen LogP contribution in [0.4, 0.5) is 0 Å². The highest BCUT2D eigenvalue weighted by Crippen LogP contribution is 2.09. The van der Waals surface area contributed by atoms with Crippen LogP contribution in [-0.4, -0.2) is 32.0 Å². The Hall–Kier alpha value is -1.31. The molecule has 0 heterocycles. The number of hydrogen-bond acceptors (Lipinski definition) is 2. The van der Waals surface area contributed by atoms with Crippen LogP contribution >= 0.6 is 35.6 Å². The van der Waals surface area contributed by atoms with E-state index in [9.17, 15) is 0 Å². The summed E-state index contributed by atoms with van der Waals surface area (Å²) in [5.41, 5.74) is 3.71. The Balaban J connectivity index is 0.00000312. The van der Waals surface area contributed by atoms with E-state index in [0.717, 1.165) is 29.6 Å². The monoisotopic (exact) mass is 472 g/mol. The molecule has 0 saturated heterocycles. The van der Waals surface area contributed by atoms with Gasteiger partial charge in [-0.3, -0.25) is 4.99 Å². The van der Waals surface area contributed by atoms with E-state index in [0.29, 0.717) is 6.54 Å². The average Bonchev–Trinajstić information content (AvgIpc) is 2.56. The fraction of sp³-hybridized carbons (Fsp3) is 0.316. The summed E-state index contributed by atoms with van der Waals surface area (Å²) in [5.74, 6) is 0.781. The molecule has 0 atom stereocenters. The van der Waals surface area contributed by atoms with Crippen LogP contribution < -0.4 is 10.6 Å². The zero-order valence-corrected chi connectivity index (χ0v) is 18.0. The van der Waals surface area contributed by atoms with Gasteiger partial charge in [0.05, 0.1) is 0 Å². The standard InChI is InChI=1S/C19H25ClN4.HI/c1-21-19(22-12-15-7-9-18(20)10-8-15)23-13-16-5-4-6-17(11-16)14-24(2)3;/h4-11H,12-14H2,1-3H3,(H2,21,22,23);1H. The van der Waals surface area contributed by atoms with Gasteiger partial charge in [0.2, 0.25) is 0 Å². The fourth-order valence-corrected chi connectivity index (χ4v) is 2.52. The van der Waals surface area contributed by atoms with Crippen molar-refractivity contribution in [2.45, 2.75) is 19.6 Å². The number of hydrogen-bond donors (Lipinski definition) is 2. The number of guanidine groups is 1. The van der Waals surface area contributed by atoms with Crippen molar-refractivity contribution in [3.05, 3.63) is 70.2 Å². The van der Waals surface area contributed by atoms with E-state index in [1.807, 2.05) is 24.3 Å². The quantitative estimate of drug-likeness (QED) is 0.381. The van der Waals surface area contributed by atoms with Gasteiger partial charge in [0.25, 0.3) is 0 Å². The summed E-state index contributed by atoms with van der Waals surface area (Å²) in [5, 5.41) is 7.41. The third-order valence-electron chi connectivity index (χ3n) is 3.55. The van der Waals surface area contributed by atoms with Crippen LogP contribution in [0, 0.1) is 0 Å². The third-order valence-corrected chi connectivity index (χ3v) is 3.80. The lowest BCUT2D eigenvalue weighted by molar-refractivity contribution is 0.402. The molecule has 0 aromatic heterocycles. The average molecular weight is 473 g/mol. The summed E-state index contributed by atoms with van der Waals surface area (Å²) < 4.78 is 0. The van der Waals surface area contributed by atoms with Gasteiger partial charge in [0.1, 0.15) is 0 Å². The number of halogens is 2. The molecule has 2 rings (SSSR count). The Morgan fingerprint density at radius 1 is 0.960 bits per heavy atom. The fourth-order valence-electron chi connectivity index (χ4n) is 2.40. The first-order valence-electron chi connectivity index (χ1n) is 7.98. The van der Waals surface area contributed by atoms with Gasteiger partial charge in [-0.05, 0) is 42.9 Å². The maximum Gasteiger partial charge on any atom is 0.191 e. The van der Waals surface area contributed by atoms with Crippen LogP contribution in [0.1, 0.15) is 16.7 Å². The zero-order chi connectivity index (χ0) is 17.4. The Bertz CT molecular complexity index is 671. The second-order valence-electron chi connectivity index (χ2n) is 5.96. The normalized spacial score (nSPS) is 11.2. The molecule has 0 bridgehead atoms. The van der Waals surface area contributed by atoms with Crippen LogP contribution in [0.3, 0.4) is 0 Å². The highest BCUT2D eigenvalue weighted by atomic mass is 127. The van der Waals surface area contributed by atoms with Gasteiger partial charge in [0.15, 0.2) is 5.96 Å². The van der Waals surface area contributed by atoms with Crippen molar-refractivity contribution < 1.29 is 0 Å².